The first-order valence-electron chi connectivity index (χ1n) is 20.2. The number of nitrogens with one attached hydrogen (secondary N) is 3. The first-order valence-corrected chi connectivity index (χ1v) is 20.6. The Bertz CT molecular complexity index is 2130. The Morgan fingerprint density at radius 1 is 0.661 bits per heavy atom. The maximum atomic E-state index is 13.7. The van der Waals surface area contributed by atoms with Crippen molar-refractivity contribution in [3.63, 3.8) is 0 Å². The monoisotopic (exact) mass is 832 g/mol. The molecule has 1 heterocycles. The molecule has 8 nitrogen and oxygen atoms in total. The number of anilines is 1. The first-order chi connectivity index (χ1) is 28.3. The number of benzene rings is 4. The van der Waals surface area contributed by atoms with E-state index in [-0.39, 0.29) is 29.2 Å². The summed E-state index contributed by atoms with van der Waals surface area (Å²) in [5.74, 6) is -2.16. The molecule has 2 aliphatic carbocycles. The number of nitrogens with two attached hydrogens (primary N) is 1. The summed E-state index contributed by atoms with van der Waals surface area (Å²) in [5.41, 5.74) is 11.7. The molecule has 0 aliphatic heterocycles. The molecule has 0 bridgehead atoms. The highest BCUT2D eigenvalue weighted by atomic mass is 35.5. The molecule has 2 fully saturated rings. The summed E-state index contributed by atoms with van der Waals surface area (Å²) < 4.78 is 54.1. The van der Waals surface area contributed by atoms with Gasteiger partial charge in [-0.3, -0.25) is 0 Å². The molecule has 314 valence electrons. The largest absolute Gasteiger partial charge is 0.390 e. The van der Waals surface area contributed by atoms with Crippen LogP contribution in [0, 0.1) is 23.3 Å². The van der Waals surface area contributed by atoms with Crippen LogP contribution < -0.4 is 21.7 Å². The summed E-state index contributed by atoms with van der Waals surface area (Å²) in [7, 11) is 0. The van der Waals surface area contributed by atoms with Crippen molar-refractivity contribution in [1.29, 1.82) is 0 Å². The molecule has 7 rings (SSSR count). The van der Waals surface area contributed by atoms with E-state index in [0.717, 1.165) is 50.7 Å². The lowest BCUT2D eigenvalue weighted by Crippen LogP contribution is -2.45. The molecule has 59 heavy (non-hydrogen) atoms. The van der Waals surface area contributed by atoms with Gasteiger partial charge in [0.15, 0.2) is 0 Å². The van der Waals surface area contributed by atoms with Gasteiger partial charge in [0, 0.05) is 48.5 Å². The predicted octanol–water partition coefficient (Wildman–Crippen LogP) is 7.67. The van der Waals surface area contributed by atoms with Crippen molar-refractivity contribution < 1.29 is 27.8 Å². The van der Waals surface area contributed by atoms with Crippen molar-refractivity contribution in [2.75, 3.05) is 18.4 Å². The molecule has 2 aliphatic rings. The molecule has 0 amide bonds. The van der Waals surface area contributed by atoms with Crippen LogP contribution in [-0.2, 0) is 36.8 Å². The lowest BCUT2D eigenvalue weighted by molar-refractivity contribution is 0.136. The van der Waals surface area contributed by atoms with E-state index in [2.05, 4.69) is 88.3 Å². The topological polar surface area (TPSA) is 128 Å². The van der Waals surface area contributed by atoms with Gasteiger partial charge in [0.25, 0.3) is 0 Å². The van der Waals surface area contributed by atoms with E-state index in [4.69, 9.17) is 17.3 Å². The highest BCUT2D eigenvalue weighted by Gasteiger charge is 2.45. The number of nitrogens with zero attached hydrogens (tertiary/aromatic N) is 2. The zero-order chi connectivity index (χ0) is 42.2. The van der Waals surface area contributed by atoms with Gasteiger partial charge in [-0.15, -0.1) is 0 Å². The van der Waals surface area contributed by atoms with E-state index < -0.39 is 47.6 Å². The molecule has 5 aromatic rings. The van der Waals surface area contributed by atoms with Crippen LogP contribution in [0.15, 0.2) is 97.2 Å². The molecule has 4 atom stereocenters. The zero-order valence-electron chi connectivity index (χ0n) is 33.4. The third kappa shape index (κ3) is 12.3. The molecular weight excluding hydrogens is 780 g/mol. The normalized spacial score (nSPS) is 16.9. The molecule has 4 aromatic carbocycles. The summed E-state index contributed by atoms with van der Waals surface area (Å²) in [5, 5.41) is 31.7. The minimum Gasteiger partial charge on any atom is -0.390 e. The average molecular weight is 833 g/mol. The van der Waals surface area contributed by atoms with Crippen LogP contribution in [0.1, 0.15) is 72.9 Å². The third-order valence-corrected chi connectivity index (χ3v) is 11.4. The average Bonchev–Trinajstić information content (AvgIpc) is 4.15. The molecule has 2 saturated carbocycles. The summed E-state index contributed by atoms with van der Waals surface area (Å²) in [6.07, 6.45) is 6.22. The van der Waals surface area contributed by atoms with Crippen molar-refractivity contribution in [3.8, 4) is 0 Å². The first kappa shape index (κ1) is 44.1. The van der Waals surface area contributed by atoms with Crippen LogP contribution in [-0.4, -0.2) is 57.6 Å². The standard InChI is InChI=1S/C25H27ClF2N4O.C21H26F2N2O/c1-2-16-4-3-5-18(10-16)25(7-8-25)30-15-22(33)21(31-23-6-9-29-24(26)32-23)13-17-11-19(27)14-20(28)12-17;1-2-14-4-3-5-16(8-14)21(6-7-21)25-13-20(26)19(24)11-15-9-17(22)12-18(23)10-15/h3-6,9-12,14,21-22,30,33H,2,7-8,13,15H2,1H3,(H,29,31,32);3-5,8-10,12,19-20,25-26H,2,6-7,11,13,24H2,1H3/t21-,22+;19-,20+/m00/s1. The van der Waals surface area contributed by atoms with Crippen molar-refractivity contribution >= 4 is 17.4 Å². The van der Waals surface area contributed by atoms with Gasteiger partial charge in [-0.05, 0) is 127 Å². The fraction of sp³-hybridized carbons (Fsp3) is 0.391. The van der Waals surface area contributed by atoms with Gasteiger partial charge in [0.2, 0.25) is 5.28 Å². The summed E-state index contributed by atoms with van der Waals surface area (Å²) in [6, 6.07) is 24.2. The Labute approximate surface area is 348 Å². The molecule has 13 heteroatoms. The minimum atomic E-state index is -0.864. The SMILES string of the molecule is CCc1cccc(C2(NC[C@@H](O)[C@@H](N)Cc3cc(F)cc(F)c3)CC2)c1.CCc1cccc(C2(NC[C@@H](O)[C@H](Cc3cc(F)cc(F)c3)Nc3ccnc(Cl)n3)CC2)c1. The van der Waals surface area contributed by atoms with E-state index in [1.54, 1.807) is 6.07 Å². The predicted molar refractivity (Wildman–Crippen MR) is 224 cm³/mol. The Kier molecular flexibility index (Phi) is 14.8. The fourth-order valence-corrected chi connectivity index (χ4v) is 7.61. The van der Waals surface area contributed by atoms with Crippen molar-refractivity contribution in [3.05, 3.63) is 159 Å². The van der Waals surface area contributed by atoms with Crippen LogP contribution in [0.5, 0.6) is 0 Å². The van der Waals surface area contributed by atoms with Gasteiger partial charge >= 0.3 is 0 Å². The van der Waals surface area contributed by atoms with E-state index in [1.807, 2.05) is 0 Å². The highest BCUT2D eigenvalue weighted by Crippen LogP contribution is 2.46. The molecule has 0 saturated heterocycles. The smallest absolute Gasteiger partial charge is 0.224 e. The zero-order valence-corrected chi connectivity index (χ0v) is 34.1. The van der Waals surface area contributed by atoms with Gasteiger partial charge in [0.1, 0.15) is 29.1 Å². The number of halogens is 5. The molecular formula is C46H53ClF4N6O2. The van der Waals surface area contributed by atoms with Crippen LogP contribution in [0.2, 0.25) is 5.28 Å². The van der Waals surface area contributed by atoms with Gasteiger partial charge < -0.3 is 31.9 Å². The number of aromatic nitrogens is 2. The quantitative estimate of drug-likeness (QED) is 0.0393. The Morgan fingerprint density at radius 2 is 1.14 bits per heavy atom. The second kappa shape index (κ2) is 19.8. The summed E-state index contributed by atoms with van der Waals surface area (Å²) >= 11 is 5.90. The van der Waals surface area contributed by atoms with E-state index >= 15 is 0 Å². The highest BCUT2D eigenvalue weighted by molar-refractivity contribution is 6.28. The van der Waals surface area contributed by atoms with Crippen molar-refractivity contribution in [2.45, 2.75) is 101 Å². The summed E-state index contributed by atoms with van der Waals surface area (Å²) in [4.78, 5) is 7.99. The molecule has 7 N–H and O–H groups in total. The molecule has 0 radical (unpaired) electrons. The number of rotatable bonds is 18. The van der Waals surface area contributed by atoms with Crippen LogP contribution in [0.25, 0.3) is 0 Å². The number of aliphatic hydroxyl groups excluding tert-OH is 2. The van der Waals surface area contributed by atoms with Crippen molar-refractivity contribution in [1.82, 2.24) is 20.6 Å². The Balaban J connectivity index is 0.000000204. The molecule has 1 aromatic heterocycles. The fourth-order valence-electron chi connectivity index (χ4n) is 7.46. The number of aryl methyl sites for hydroxylation is 2. The third-order valence-electron chi connectivity index (χ3n) is 11.3. The van der Waals surface area contributed by atoms with E-state index in [0.29, 0.717) is 30.0 Å². The lowest BCUT2D eigenvalue weighted by atomic mass is 9.98. The number of aliphatic hydroxyl groups is 2. The molecule has 0 spiro atoms. The van der Waals surface area contributed by atoms with Crippen LogP contribution in [0.3, 0.4) is 0 Å². The molecule has 0 unspecified atom stereocenters. The van der Waals surface area contributed by atoms with Crippen molar-refractivity contribution in [2.24, 2.45) is 5.73 Å². The summed E-state index contributed by atoms with van der Waals surface area (Å²) in [6.45, 7) is 4.89. The Morgan fingerprint density at radius 3 is 1.59 bits per heavy atom. The van der Waals surface area contributed by atoms with Gasteiger partial charge in [0.05, 0.1) is 18.2 Å². The lowest BCUT2D eigenvalue weighted by Gasteiger charge is -2.28. The second-order valence-electron chi connectivity index (χ2n) is 15.8. The maximum Gasteiger partial charge on any atom is 0.224 e. The maximum absolute atomic E-state index is 13.7. The van der Waals surface area contributed by atoms with Crippen LogP contribution >= 0.6 is 11.6 Å². The van der Waals surface area contributed by atoms with Crippen LogP contribution in [0.4, 0.5) is 23.4 Å². The Hall–Kier alpha value is -4.43. The van der Waals surface area contributed by atoms with E-state index in [9.17, 15) is 27.8 Å². The number of hydrogen-bond acceptors (Lipinski definition) is 8. The second-order valence-corrected chi connectivity index (χ2v) is 16.1. The van der Waals surface area contributed by atoms with E-state index in [1.165, 1.54) is 52.7 Å². The van der Waals surface area contributed by atoms with Gasteiger partial charge in [-0.1, -0.05) is 62.4 Å². The van der Waals surface area contributed by atoms with Gasteiger partial charge in [-0.25, -0.2) is 27.5 Å². The minimum absolute atomic E-state index is 0.0657. The van der Waals surface area contributed by atoms with Gasteiger partial charge in [-0.2, -0.15) is 0 Å². The number of hydrogen-bond donors (Lipinski definition) is 6.